The van der Waals surface area contributed by atoms with Crippen molar-refractivity contribution >= 4 is 11.6 Å². The number of aryl methyl sites for hydroxylation is 1. The molecule has 0 aliphatic rings. The van der Waals surface area contributed by atoms with Crippen LogP contribution >= 0.6 is 11.6 Å². The molecule has 100 valence electrons. The number of pyridine rings is 1. The molecule has 1 unspecified atom stereocenters. The van der Waals surface area contributed by atoms with Gasteiger partial charge < -0.3 is 5.32 Å². The molecule has 4 heteroatoms. The van der Waals surface area contributed by atoms with E-state index in [9.17, 15) is 4.39 Å². The van der Waals surface area contributed by atoms with E-state index in [1.807, 2.05) is 32.0 Å². The Morgan fingerprint density at radius 2 is 2.16 bits per heavy atom. The van der Waals surface area contributed by atoms with Crippen LogP contribution in [0.2, 0.25) is 5.02 Å². The molecule has 2 aromatic rings. The fourth-order valence-corrected chi connectivity index (χ4v) is 2.21. The molecule has 2 nitrogen and oxygen atoms in total. The molecule has 1 aromatic heterocycles. The Morgan fingerprint density at radius 3 is 2.79 bits per heavy atom. The highest BCUT2D eigenvalue weighted by atomic mass is 35.5. The summed E-state index contributed by atoms with van der Waals surface area (Å²) >= 11 is 6.15. The maximum absolute atomic E-state index is 13.9. The third-order valence-corrected chi connectivity index (χ3v) is 3.46. The van der Waals surface area contributed by atoms with Crippen molar-refractivity contribution < 1.29 is 4.39 Å². The average molecular weight is 279 g/mol. The van der Waals surface area contributed by atoms with Gasteiger partial charge in [-0.1, -0.05) is 30.7 Å². The van der Waals surface area contributed by atoms with Crippen molar-refractivity contribution in [2.75, 3.05) is 6.54 Å². The van der Waals surface area contributed by atoms with Crippen LogP contribution in [0.1, 0.15) is 29.7 Å². The zero-order valence-corrected chi connectivity index (χ0v) is 11.7. The lowest BCUT2D eigenvalue weighted by molar-refractivity contribution is 0.554. The highest BCUT2D eigenvalue weighted by Gasteiger charge is 2.17. The van der Waals surface area contributed by atoms with Crippen LogP contribution in [-0.2, 0) is 0 Å². The van der Waals surface area contributed by atoms with Gasteiger partial charge in [0.1, 0.15) is 5.82 Å². The lowest BCUT2D eigenvalue weighted by atomic mass is 9.98. The number of rotatable bonds is 4. The molecule has 1 aromatic carbocycles. The van der Waals surface area contributed by atoms with E-state index >= 15 is 0 Å². The Bertz CT molecular complexity index is 572. The van der Waals surface area contributed by atoms with Crippen molar-refractivity contribution in [1.29, 1.82) is 0 Å². The summed E-state index contributed by atoms with van der Waals surface area (Å²) in [5.74, 6) is -0.315. The smallest absolute Gasteiger partial charge is 0.146 e. The first-order valence-electron chi connectivity index (χ1n) is 6.22. The van der Waals surface area contributed by atoms with Crippen molar-refractivity contribution in [3.05, 3.63) is 64.2 Å². The van der Waals surface area contributed by atoms with Crippen LogP contribution in [-0.4, -0.2) is 11.5 Å². The third-order valence-electron chi connectivity index (χ3n) is 3.05. The van der Waals surface area contributed by atoms with E-state index in [1.54, 1.807) is 12.3 Å². The van der Waals surface area contributed by atoms with Crippen molar-refractivity contribution in [1.82, 2.24) is 10.3 Å². The highest BCUT2D eigenvalue weighted by molar-refractivity contribution is 6.31. The van der Waals surface area contributed by atoms with Crippen molar-refractivity contribution in [2.45, 2.75) is 19.9 Å². The SMILES string of the molecule is CCNC(c1ccc(C)c(Cl)c1)c1ccncc1F. The predicted octanol–water partition coefficient (Wildman–Crippen LogP) is 3.88. The first-order valence-corrected chi connectivity index (χ1v) is 6.60. The summed E-state index contributed by atoms with van der Waals surface area (Å²) in [5.41, 5.74) is 2.54. The fourth-order valence-electron chi connectivity index (χ4n) is 2.02. The Morgan fingerprint density at radius 1 is 1.37 bits per heavy atom. The molecule has 1 atom stereocenters. The number of hydrogen-bond donors (Lipinski definition) is 1. The third kappa shape index (κ3) is 3.11. The predicted molar refractivity (Wildman–Crippen MR) is 75.9 cm³/mol. The van der Waals surface area contributed by atoms with Crippen LogP contribution < -0.4 is 5.32 Å². The molecule has 0 radical (unpaired) electrons. The Labute approximate surface area is 117 Å². The summed E-state index contributed by atoms with van der Waals surface area (Å²) in [4.78, 5) is 3.78. The van der Waals surface area contributed by atoms with Gasteiger partial charge in [-0.05, 0) is 36.7 Å². The van der Waals surface area contributed by atoms with Crippen LogP contribution in [0, 0.1) is 12.7 Å². The molecule has 0 spiro atoms. The summed E-state index contributed by atoms with van der Waals surface area (Å²) in [6.07, 6.45) is 2.83. The zero-order chi connectivity index (χ0) is 13.8. The highest BCUT2D eigenvalue weighted by Crippen LogP contribution is 2.27. The van der Waals surface area contributed by atoms with E-state index in [-0.39, 0.29) is 11.9 Å². The molecule has 0 aliphatic heterocycles. The molecule has 1 N–H and O–H groups in total. The Kier molecular flexibility index (Phi) is 4.51. The summed E-state index contributed by atoms with van der Waals surface area (Å²) in [6, 6.07) is 7.27. The number of halogens is 2. The number of nitrogens with zero attached hydrogens (tertiary/aromatic N) is 1. The van der Waals surface area contributed by atoms with Gasteiger partial charge >= 0.3 is 0 Å². The normalized spacial score (nSPS) is 12.4. The van der Waals surface area contributed by atoms with E-state index < -0.39 is 0 Å². The second-order valence-corrected chi connectivity index (χ2v) is 4.80. The van der Waals surface area contributed by atoms with Gasteiger partial charge in [0.15, 0.2) is 0 Å². The molecule has 0 fully saturated rings. The molecule has 0 amide bonds. The van der Waals surface area contributed by atoms with Crippen molar-refractivity contribution in [3.8, 4) is 0 Å². The molecule has 1 heterocycles. The van der Waals surface area contributed by atoms with E-state index in [0.29, 0.717) is 10.6 Å². The lowest BCUT2D eigenvalue weighted by Gasteiger charge is -2.20. The number of aromatic nitrogens is 1. The molecule has 0 bridgehead atoms. The second-order valence-electron chi connectivity index (χ2n) is 4.40. The maximum Gasteiger partial charge on any atom is 0.146 e. The van der Waals surface area contributed by atoms with Gasteiger partial charge in [0.25, 0.3) is 0 Å². The van der Waals surface area contributed by atoms with Crippen molar-refractivity contribution in [2.24, 2.45) is 0 Å². The van der Waals surface area contributed by atoms with Crippen LogP contribution in [0.25, 0.3) is 0 Å². The lowest BCUT2D eigenvalue weighted by Crippen LogP contribution is -2.23. The number of hydrogen-bond acceptors (Lipinski definition) is 2. The Balaban J connectivity index is 2.45. The maximum atomic E-state index is 13.9. The average Bonchev–Trinajstić information content (AvgIpc) is 2.40. The van der Waals surface area contributed by atoms with Crippen LogP contribution in [0.3, 0.4) is 0 Å². The molecule has 0 saturated heterocycles. The van der Waals surface area contributed by atoms with Gasteiger partial charge in [0, 0.05) is 16.8 Å². The van der Waals surface area contributed by atoms with E-state index in [4.69, 9.17) is 11.6 Å². The summed E-state index contributed by atoms with van der Waals surface area (Å²) < 4.78 is 13.9. The van der Waals surface area contributed by atoms with Crippen LogP contribution in [0.15, 0.2) is 36.7 Å². The zero-order valence-electron chi connectivity index (χ0n) is 11.0. The minimum atomic E-state index is -0.315. The number of benzene rings is 1. The standard InChI is InChI=1S/C15H16ClFN2/c1-3-19-15(12-6-7-18-9-14(12)17)11-5-4-10(2)13(16)8-11/h4-9,15,19H,3H2,1-2H3. The molecule has 0 aliphatic carbocycles. The molecule has 19 heavy (non-hydrogen) atoms. The van der Waals surface area contributed by atoms with Gasteiger partial charge in [-0.15, -0.1) is 0 Å². The second kappa shape index (κ2) is 6.13. The topological polar surface area (TPSA) is 24.9 Å². The van der Waals surface area contributed by atoms with Gasteiger partial charge in [-0.2, -0.15) is 0 Å². The van der Waals surface area contributed by atoms with Gasteiger partial charge in [-0.3, -0.25) is 4.98 Å². The van der Waals surface area contributed by atoms with Gasteiger partial charge in [0.05, 0.1) is 12.2 Å². The van der Waals surface area contributed by atoms with Crippen LogP contribution in [0.4, 0.5) is 4.39 Å². The monoisotopic (exact) mass is 278 g/mol. The van der Waals surface area contributed by atoms with E-state index in [0.717, 1.165) is 17.7 Å². The number of nitrogens with one attached hydrogen (secondary N) is 1. The molecular formula is C15H16ClFN2. The van der Waals surface area contributed by atoms with E-state index in [1.165, 1.54) is 6.20 Å². The molecular weight excluding hydrogens is 263 g/mol. The van der Waals surface area contributed by atoms with Gasteiger partial charge in [0.2, 0.25) is 0 Å². The van der Waals surface area contributed by atoms with Crippen LogP contribution in [0.5, 0.6) is 0 Å². The first kappa shape index (κ1) is 14.0. The van der Waals surface area contributed by atoms with Gasteiger partial charge in [-0.25, -0.2) is 4.39 Å². The minimum absolute atomic E-state index is 0.217. The summed E-state index contributed by atoms with van der Waals surface area (Å²) in [5, 5.41) is 3.97. The fraction of sp³-hybridized carbons (Fsp3) is 0.267. The largest absolute Gasteiger partial charge is 0.306 e. The Hall–Kier alpha value is -1.45. The van der Waals surface area contributed by atoms with Crippen molar-refractivity contribution in [3.63, 3.8) is 0 Å². The minimum Gasteiger partial charge on any atom is -0.306 e. The summed E-state index contributed by atoms with van der Waals surface area (Å²) in [7, 11) is 0. The van der Waals surface area contributed by atoms with E-state index in [2.05, 4.69) is 10.3 Å². The molecule has 2 rings (SSSR count). The first-order chi connectivity index (χ1) is 9.13. The quantitative estimate of drug-likeness (QED) is 0.918. The summed E-state index contributed by atoms with van der Waals surface area (Å²) in [6.45, 7) is 4.67. The molecule has 0 saturated carbocycles.